The Balaban J connectivity index is 1.97. The molecule has 6 nitrogen and oxygen atoms in total. The number of aryl methyl sites for hydroxylation is 1. The fraction of sp³-hybridized carbons (Fsp3) is 0.176. The summed E-state index contributed by atoms with van der Waals surface area (Å²) in [5.41, 5.74) is 7.73. The second-order valence-electron chi connectivity index (χ2n) is 5.03. The zero-order chi connectivity index (χ0) is 16.8. The van der Waals surface area contributed by atoms with E-state index in [1.54, 1.807) is 24.3 Å². The number of hydrogen-bond donors (Lipinski definition) is 2. The average Bonchev–Trinajstić information content (AvgIpc) is 2.51. The molecule has 6 heteroatoms. The number of nitrogens with two attached hydrogens (primary N) is 1. The van der Waals surface area contributed by atoms with Crippen LogP contribution in [0.3, 0.4) is 0 Å². The normalized spacial score (nSPS) is 10.0. The summed E-state index contributed by atoms with van der Waals surface area (Å²) in [6.45, 7) is 3.25. The highest BCUT2D eigenvalue weighted by atomic mass is 16.5. The van der Waals surface area contributed by atoms with Crippen molar-refractivity contribution in [2.24, 2.45) is 0 Å². The van der Waals surface area contributed by atoms with Crippen LogP contribution in [0.5, 0.6) is 5.75 Å². The molecule has 0 aliphatic heterocycles. The van der Waals surface area contributed by atoms with Crippen molar-refractivity contribution in [3.63, 3.8) is 0 Å². The van der Waals surface area contributed by atoms with Gasteiger partial charge in [-0.2, -0.15) is 0 Å². The van der Waals surface area contributed by atoms with Gasteiger partial charge in [0.1, 0.15) is 5.75 Å². The van der Waals surface area contributed by atoms with Gasteiger partial charge in [0.25, 0.3) is 0 Å². The number of carbonyl (C=O) groups is 2. The molecule has 0 fully saturated rings. The Kier molecular flexibility index (Phi) is 5.19. The number of ether oxygens (including phenoxy) is 1. The quantitative estimate of drug-likeness (QED) is 0.671. The van der Waals surface area contributed by atoms with Crippen molar-refractivity contribution in [1.29, 1.82) is 0 Å². The van der Waals surface area contributed by atoms with Crippen molar-refractivity contribution >= 4 is 23.3 Å². The third kappa shape index (κ3) is 4.47. The summed E-state index contributed by atoms with van der Waals surface area (Å²) in [6.07, 6.45) is 0. The predicted molar refractivity (Wildman–Crippen MR) is 89.2 cm³/mol. The van der Waals surface area contributed by atoms with Crippen LogP contribution in [0.25, 0.3) is 0 Å². The molecule has 0 heterocycles. The highest BCUT2D eigenvalue weighted by molar-refractivity contribution is 6.13. The van der Waals surface area contributed by atoms with Gasteiger partial charge in [0.15, 0.2) is 6.73 Å². The van der Waals surface area contributed by atoms with Crippen molar-refractivity contribution < 1.29 is 14.3 Å². The van der Waals surface area contributed by atoms with E-state index in [0.29, 0.717) is 17.1 Å². The summed E-state index contributed by atoms with van der Waals surface area (Å²) < 4.78 is 5.43. The average molecular weight is 313 g/mol. The minimum absolute atomic E-state index is 0.0410. The van der Waals surface area contributed by atoms with Gasteiger partial charge < -0.3 is 15.8 Å². The molecule has 3 N–H and O–H groups in total. The van der Waals surface area contributed by atoms with Gasteiger partial charge in [0, 0.05) is 12.6 Å². The van der Waals surface area contributed by atoms with Crippen molar-refractivity contribution in [3.8, 4) is 5.75 Å². The number of urea groups is 1. The van der Waals surface area contributed by atoms with Gasteiger partial charge in [-0.1, -0.05) is 17.7 Å². The molecule has 120 valence electrons. The van der Waals surface area contributed by atoms with E-state index in [0.717, 1.165) is 10.5 Å². The van der Waals surface area contributed by atoms with Crippen LogP contribution >= 0.6 is 0 Å². The highest BCUT2D eigenvalue weighted by Gasteiger charge is 2.19. The zero-order valence-corrected chi connectivity index (χ0v) is 13.1. The molecule has 3 amide bonds. The minimum Gasteiger partial charge on any atom is -0.473 e. The molecule has 0 bridgehead atoms. The molecule has 0 aliphatic carbocycles. The molecular weight excluding hydrogens is 294 g/mol. The van der Waals surface area contributed by atoms with Gasteiger partial charge in [-0.25, -0.2) is 9.69 Å². The van der Waals surface area contributed by atoms with Crippen LogP contribution in [0, 0.1) is 6.92 Å². The van der Waals surface area contributed by atoms with E-state index in [9.17, 15) is 9.59 Å². The molecule has 0 spiro atoms. The van der Waals surface area contributed by atoms with Gasteiger partial charge in [-0.05, 0) is 43.3 Å². The maximum Gasteiger partial charge on any atom is 0.331 e. The molecule has 0 unspecified atom stereocenters. The SMILES string of the molecule is CC(=O)N(C(=O)NCOc1ccc(C)cc1)c1ccc(N)cc1. The largest absolute Gasteiger partial charge is 0.473 e. The fourth-order valence-electron chi connectivity index (χ4n) is 1.96. The Morgan fingerprint density at radius 1 is 1.09 bits per heavy atom. The first-order valence-corrected chi connectivity index (χ1v) is 7.11. The Morgan fingerprint density at radius 3 is 2.26 bits per heavy atom. The first kappa shape index (κ1) is 16.4. The number of imide groups is 1. The van der Waals surface area contributed by atoms with Crippen LogP contribution in [0.1, 0.15) is 12.5 Å². The van der Waals surface area contributed by atoms with E-state index in [-0.39, 0.29) is 6.73 Å². The summed E-state index contributed by atoms with van der Waals surface area (Å²) in [5, 5.41) is 2.55. The molecule has 2 aromatic carbocycles. The van der Waals surface area contributed by atoms with Gasteiger partial charge in [-0.3, -0.25) is 4.79 Å². The number of nitrogens with zero attached hydrogens (tertiary/aromatic N) is 1. The molecule has 23 heavy (non-hydrogen) atoms. The second-order valence-corrected chi connectivity index (χ2v) is 5.03. The molecule has 2 aromatic rings. The standard InChI is InChI=1S/C17H19N3O3/c1-12-3-9-16(10-4-12)23-11-19-17(22)20(13(2)21)15-7-5-14(18)6-8-15/h3-10H,11,18H2,1-2H3,(H,19,22). The maximum atomic E-state index is 12.2. The lowest BCUT2D eigenvalue weighted by Crippen LogP contribution is -2.44. The monoisotopic (exact) mass is 313 g/mol. The van der Waals surface area contributed by atoms with Crippen molar-refractivity contribution in [3.05, 3.63) is 54.1 Å². The van der Waals surface area contributed by atoms with Crippen LogP contribution in [0.15, 0.2) is 48.5 Å². The topological polar surface area (TPSA) is 84.7 Å². The van der Waals surface area contributed by atoms with Gasteiger partial charge in [0.05, 0.1) is 5.69 Å². The second kappa shape index (κ2) is 7.31. The lowest BCUT2D eigenvalue weighted by Gasteiger charge is -2.20. The summed E-state index contributed by atoms with van der Waals surface area (Å²) in [4.78, 5) is 25.0. The molecule has 0 saturated heterocycles. The molecule has 0 radical (unpaired) electrons. The molecular formula is C17H19N3O3. The summed E-state index contributed by atoms with van der Waals surface area (Å²) in [5.74, 6) is 0.236. The van der Waals surface area contributed by atoms with Gasteiger partial charge in [-0.15, -0.1) is 0 Å². The van der Waals surface area contributed by atoms with Crippen LogP contribution in [0.4, 0.5) is 16.2 Å². The number of amides is 3. The molecule has 0 aromatic heterocycles. The molecule has 0 saturated carbocycles. The third-order valence-electron chi connectivity index (χ3n) is 3.15. The van der Waals surface area contributed by atoms with Crippen molar-refractivity contribution in [2.75, 3.05) is 17.4 Å². The fourth-order valence-corrected chi connectivity index (χ4v) is 1.96. The van der Waals surface area contributed by atoms with E-state index in [1.165, 1.54) is 6.92 Å². The Hall–Kier alpha value is -3.02. The number of hydrogen-bond acceptors (Lipinski definition) is 4. The lowest BCUT2D eigenvalue weighted by atomic mass is 10.2. The summed E-state index contributed by atoms with van der Waals surface area (Å²) in [7, 11) is 0. The van der Waals surface area contributed by atoms with Crippen molar-refractivity contribution in [2.45, 2.75) is 13.8 Å². The Labute approximate surface area is 134 Å². The molecule has 0 atom stereocenters. The number of nitrogen functional groups attached to an aromatic ring is 1. The first-order valence-electron chi connectivity index (χ1n) is 7.11. The van der Waals surface area contributed by atoms with E-state index in [4.69, 9.17) is 10.5 Å². The van der Waals surface area contributed by atoms with Gasteiger partial charge >= 0.3 is 6.03 Å². The number of benzene rings is 2. The summed E-state index contributed by atoms with van der Waals surface area (Å²) in [6, 6.07) is 13.3. The minimum atomic E-state index is -0.561. The Bertz CT molecular complexity index is 681. The van der Waals surface area contributed by atoms with Gasteiger partial charge in [0.2, 0.25) is 5.91 Å². The summed E-state index contributed by atoms with van der Waals surface area (Å²) >= 11 is 0. The predicted octanol–water partition coefficient (Wildman–Crippen LogP) is 2.68. The molecule has 2 rings (SSSR count). The molecule has 0 aliphatic rings. The smallest absolute Gasteiger partial charge is 0.331 e. The number of carbonyl (C=O) groups excluding carboxylic acids is 2. The highest BCUT2D eigenvalue weighted by Crippen LogP contribution is 2.17. The first-order chi connectivity index (χ1) is 11.0. The van der Waals surface area contributed by atoms with Crippen molar-refractivity contribution in [1.82, 2.24) is 5.32 Å². The lowest BCUT2D eigenvalue weighted by molar-refractivity contribution is -0.115. The van der Waals surface area contributed by atoms with E-state index < -0.39 is 11.9 Å². The van der Waals surface area contributed by atoms with E-state index >= 15 is 0 Å². The Morgan fingerprint density at radius 2 is 1.70 bits per heavy atom. The third-order valence-corrected chi connectivity index (χ3v) is 3.15. The number of anilines is 2. The van der Waals surface area contributed by atoms with Crippen LogP contribution < -0.4 is 20.7 Å². The van der Waals surface area contributed by atoms with E-state index in [2.05, 4.69) is 5.32 Å². The number of rotatable bonds is 4. The van der Waals surface area contributed by atoms with Crippen LogP contribution in [-0.4, -0.2) is 18.7 Å². The number of nitrogens with one attached hydrogen (secondary N) is 1. The maximum absolute atomic E-state index is 12.2. The van der Waals surface area contributed by atoms with E-state index in [1.807, 2.05) is 31.2 Å². The van der Waals surface area contributed by atoms with Crippen LogP contribution in [-0.2, 0) is 4.79 Å². The van der Waals surface area contributed by atoms with Crippen LogP contribution in [0.2, 0.25) is 0 Å². The zero-order valence-electron chi connectivity index (χ0n) is 13.1.